The van der Waals surface area contributed by atoms with E-state index in [4.69, 9.17) is 4.98 Å². The van der Waals surface area contributed by atoms with E-state index in [1.807, 2.05) is 29.0 Å². The zero-order valence-corrected chi connectivity index (χ0v) is 13.6. The molecule has 112 valence electrons. The highest BCUT2D eigenvalue weighted by molar-refractivity contribution is 7.14. The summed E-state index contributed by atoms with van der Waals surface area (Å²) in [6.07, 6.45) is 3.71. The van der Waals surface area contributed by atoms with E-state index in [1.165, 1.54) is 5.46 Å². The number of aromatic nitrogens is 4. The lowest BCUT2D eigenvalue weighted by molar-refractivity contribution is 1.11. The van der Waals surface area contributed by atoms with Gasteiger partial charge in [-0.05, 0) is 25.1 Å². The van der Waals surface area contributed by atoms with E-state index in [9.17, 15) is 0 Å². The van der Waals surface area contributed by atoms with Gasteiger partial charge in [0, 0.05) is 23.5 Å². The molecule has 0 bridgehead atoms. The van der Waals surface area contributed by atoms with Gasteiger partial charge in [0.15, 0.2) is 5.13 Å². The first-order valence-electron chi connectivity index (χ1n) is 7.30. The number of thiazole rings is 1. The Kier molecular flexibility index (Phi) is 3.35. The minimum atomic E-state index is 0.695. The Morgan fingerprint density at radius 2 is 2.00 bits per heavy atom. The van der Waals surface area contributed by atoms with Crippen LogP contribution >= 0.6 is 11.3 Å². The van der Waals surface area contributed by atoms with Crippen LogP contribution in [0.5, 0.6) is 0 Å². The van der Waals surface area contributed by atoms with Crippen molar-refractivity contribution in [2.75, 3.05) is 5.32 Å². The molecular weight excluding hydrogens is 305 g/mol. The lowest BCUT2D eigenvalue weighted by atomic mass is 9.96. The second kappa shape index (κ2) is 5.51. The summed E-state index contributed by atoms with van der Waals surface area (Å²) in [5, 5.41) is 6.25. The van der Waals surface area contributed by atoms with E-state index in [2.05, 4.69) is 47.4 Å². The van der Waals surface area contributed by atoms with Crippen molar-refractivity contribution in [3.63, 3.8) is 0 Å². The van der Waals surface area contributed by atoms with Crippen molar-refractivity contribution < 1.29 is 0 Å². The number of hydrogen-bond donors (Lipinski definition) is 1. The van der Waals surface area contributed by atoms with E-state index in [1.54, 1.807) is 17.5 Å². The maximum absolute atomic E-state index is 4.70. The van der Waals surface area contributed by atoms with E-state index in [0.717, 1.165) is 27.9 Å². The molecule has 0 fully saturated rings. The molecule has 4 aromatic rings. The van der Waals surface area contributed by atoms with E-state index >= 15 is 0 Å². The third-order valence-corrected chi connectivity index (χ3v) is 4.39. The summed E-state index contributed by atoms with van der Waals surface area (Å²) in [5.74, 6) is 0.695. The van der Waals surface area contributed by atoms with Crippen LogP contribution in [0.1, 0.15) is 5.69 Å². The molecule has 23 heavy (non-hydrogen) atoms. The minimum Gasteiger partial charge on any atom is -0.332 e. The summed E-state index contributed by atoms with van der Waals surface area (Å²) < 4.78 is 1.97. The number of imidazole rings is 1. The summed E-state index contributed by atoms with van der Waals surface area (Å²) in [7, 11) is 2.08. The number of nitrogens with zero attached hydrogens (tertiary/aromatic N) is 4. The molecule has 0 saturated carbocycles. The number of nitrogens with one attached hydrogen (secondary N) is 1. The van der Waals surface area contributed by atoms with Crippen LogP contribution in [0.4, 0.5) is 10.8 Å². The van der Waals surface area contributed by atoms with Gasteiger partial charge < -0.3 is 5.32 Å². The lowest BCUT2D eigenvalue weighted by Gasteiger charge is -2.02. The molecule has 0 amide bonds. The number of anilines is 2. The Labute approximate surface area is 138 Å². The fraction of sp³-hybridized carbons (Fsp3) is 0.0625. The fourth-order valence-electron chi connectivity index (χ4n) is 2.51. The van der Waals surface area contributed by atoms with E-state index in [0.29, 0.717) is 5.78 Å². The smallest absolute Gasteiger partial charge is 0.234 e. The Balaban J connectivity index is 1.69. The summed E-state index contributed by atoms with van der Waals surface area (Å²) in [6, 6.07) is 10.2. The molecule has 1 aromatic carbocycles. The maximum Gasteiger partial charge on any atom is 0.234 e. The Morgan fingerprint density at radius 3 is 2.83 bits per heavy atom. The summed E-state index contributed by atoms with van der Waals surface area (Å²) in [6.45, 7) is 1.98. The van der Waals surface area contributed by atoms with Crippen LogP contribution in [0.25, 0.3) is 17.2 Å². The quantitative estimate of drug-likeness (QED) is 0.588. The maximum atomic E-state index is 4.70. The molecule has 3 heterocycles. The van der Waals surface area contributed by atoms with Gasteiger partial charge in [-0.25, -0.2) is 15.0 Å². The standard InChI is InChI=1S/C16H14BN5S/c1-10-14(22-8-2-7-18-15(22)19-10)13-9-23-16(21-13)20-12-5-3-11(17)4-6-12/h2-9H,17H2,1H3,(H,20,21). The number of hydrogen-bond acceptors (Lipinski definition) is 5. The normalized spacial score (nSPS) is 11.0. The Hall–Kier alpha value is -2.67. The van der Waals surface area contributed by atoms with Crippen LogP contribution in [0, 0.1) is 6.92 Å². The molecule has 0 aliphatic heterocycles. The molecule has 1 N–H and O–H groups in total. The second-order valence-electron chi connectivity index (χ2n) is 5.36. The minimum absolute atomic E-state index is 0.695. The van der Waals surface area contributed by atoms with Gasteiger partial charge in [0.05, 0.1) is 11.4 Å². The van der Waals surface area contributed by atoms with Gasteiger partial charge in [0.25, 0.3) is 0 Å². The molecule has 5 nitrogen and oxygen atoms in total. The van der Waals surface area contributed by atoms with Crippen LogP contribution in [0.3, 0.4) is 0 Å². The van der Waals surface area contributed by atoms with Gasteiger partial charge in [-0.2, -0.15) is 0 Å². The predicted octanol–water partition coefficient (Wildman–Crippen LogP) is 2.16. The predicted molar refractivity (Wildman–Crippen MR) is 96.7 cm³/mol. The first-order chi connectivity index (χ1) is 11.2. The highest BCUT2D eigenvalue weighted by atomic mass is 32.1. The molecule has 0 spiro atoms. The monoisotopic (exact) mass is 319 g/mol. The topological polar surface area (TPSA) is 55.1 Å². The average molecular weight is 319 g/mol. The molecule has 0 unspecified atom stereocenters. The molecule has 0 aliphatic rings. The highest BCUT2D eigenvalue weighted by Crippen LogP contribution is 2.29. The first-order valence-corrected chi connectivity index (χ1v) is 8.18. The van der Waals surface area contributed by atoms with Gasteiger partial charge in [-0.1, -0.05) is 17.6 Å². The highest BCUT2D eigenvalue weighted by Gasteiger charge is 2.14. The van der Waals surface area contributed by atoms with Crippen LogP contribution in [0.2, 0.25) is 0 Å². The van der Waals surface area contributed by atoms with Gasteiger partial charge in [0.2, 0.25) is 5.78 Å². The number of rotatable bonds is 3. The fourth-order valence-corrected chi connectivity index (χ4v) is 3.22. The van der Waals surface area contributed by atoms with Gasteiger partial charge in [0.1, 0.15) is 13.5 Å². The molecule has 4 rings (SSSR count). The van der Waals surface area contributed by atoms with Crippen molar-refractivity contribution in [3.8, 4) is 11.4 Å². The number of benzene rings is 1. The molecule has 0 saturated heterocycles. The zero-order chi connectivity index (χ0) is 15.8. The van der Waals surface area contributed by atoms with Crippen LogP contribution in [-0.4, -0.2) is 27.2 Å². The van der Waals surface area contributed by atoms with Gasteiger partial charge in [-0.3, -0.25) is 4.40 Å². The summed E-state index contributed by atoms with van der Waals surface area (Å²) in [5.41, 5.74) is 5.09. The van der Waals surface area contributed by atoms with E-state index < -0.39 is 0 Å². The van der Waals surface area contributed by atoms with Crippen molar-refractivity contribution in [2.24, 2.45) is 0 Å². The molecule has 0 atom stereocenters. The third-order valence-electron chi connectivity index (χ3n) is 3.63. The average Bonchev–Trinajstić information content (AvgIpc) is 3.12. The Bertz CT molecular complexity index is 974. The van der Waals surface area contributed by atoms with Crippen molar-refractivity contribution >= 4 is 41.2 Å². The third kappa shape index (κ3) is 2.59. The van der Waals surface area contributed by atoms with Crippen molar-refractivity contribution in [3.05, 3.63) is 53.8 Å². The van der Waals surface area contributed by atoms with Crippen LogP contribution in [-0.2, 0) is 0 Å². The summed E-state index contributed by atoms with van der Waals surface area (Å²) in [4.78, 5) is 13.5. The first kappa shape index (κ1) is 14.0. The molecule has 7 heteroatoms. The van der Waals surface area contributed by atoms with Gasteiger partial charge >= 0.3 is 0 Å². The SMILES string of the molecule is Bc1ccc(Nc2nc(-c3c(C)nc4ncccn34)cs2)cc1. The van der Waals surface area contributed by atoms with Gasteiger partial charge in [-0.15, -0.1) is 11.3 Å². The molecule has 0 radical (unpaired) electrons. The van der Waals surface area contributed by atoms with Crippen LogP contribution < -0.4 is 10.8 Å². The number of aryl methyl sites for hydroxylation is 1. The van der Waals surface area contributed by atoms with E-state index in [-0.39, 0.29) is 0 Å². The number of fused-ring (bicyclic) bond motifs is 1. The van der Waals surface area contributed by atoms with Crippen molar-refractivity contribution in [1.29, 1.82) is 0 Å². The molecule has 0 aliphatic carbocycles. The second-order valence-corrected chi connectivity index (χ2v) is 6.22. The Morgan fingerprint density at radius 1 is 1.17 bits per heavy atom. The molecular formula is C16H14BN5S. The zero-order valence-electron chi connectivity index (χ0n) is 12.8. The summed E-state index contributed by atoms with van der Waals surface area (Å²) >= 11 is 1.58. The largest absolute Gasteiger partial charge is 0.332 e. The van der Waals surface area contributed by atoms with Crippen molar-refractivity contribution in [2.45, 2.75) is 6.92 Å². The molecule has 3 aromatic heterocycles. The van der Waals surface area contributed by atoms with Crippen molar-refractivity contribution in [1.82, 2.24) is 19.4 Å². The van der Waals surface area contributed by atoms with Crippen LogP contribution in [0.15, 0.2) is 48.1 Å². The lowest BCUT2D eigenvalue weighted by Crippen LogP contribution is -2.00.